The number of hydrogen-bond acceptors (Lipinski definition) is 14. The fourth-order valence-corrected chi connectivity index (χ4v) is 10.4. The molecule has 0 aromatic heterocycles. The molecule has 0 saturated heterocycles. The van der Waals surface area contributed by atoms with Gasteiger partial charge in [-0.2, -0.15) is 0 Å². The van der Waals surface area contributed by atoms with Crippen LogP contribution in [0.2, 0.25) is 30.1 Å². The Morgan fingerprint density at radius 1 is 0.358 bits per heavy atom. The monoisotopic (exact) mass is 1400 g/mol. The van der Waals surface area contributed by atoms with Crippen molar-refractivity contribution in [3.63, 3.8) is 0 Å². The van der Waals surface area contributed by atoms with Crippen molar-refractivity contribution in [3.05, 3.63) is 246 Å². The predicted octanol–water partition coefficient (Wildman–Crippen LogP) is 14.2. The molecule has 0 aliphatic heterocycles. The summed E-state index contributed by atoms with van der Waals surface area (Å²) < 4.78 is 25.4. The average Bonchev–Trinajstić information content (AvgIpc) is 1.05. The Hall–Kier alpha value is -10.7. The summed E-state index contributed by atoms with van der Waals surface area (Å²) in [6, 6.07) is 50.4. The van der Waals surface area contributed by atoms with E-state index in [1.807, 2.05) is 91.0 Å². The van der Waals surface area contributed by atoms with Crippen LogP contribution in [-0.4, -0.2) is 97.7 Å². The SMILES string of the molecule is COC(=O)c1ccc(-c2ccccc2)cc1NC(=O)c1cc(Cl)cc(Cl)c1OCC(=O)O.COC(=O)c1ccc(-c2ccccc2)cc1NC(=O)c1cc(Cl)cc(Cl)c1OCC(N)=O.NC(=O)COc1c(Cl)cc(Cl)cc1C(=O)Nc1cc(-c2ccccc2)ccc1C(=O)O. The highest BCUT2D eigenvalue weighted by molar-refractivity contribution is 6.38. The molecule has 0 aliphatic rings. The molecule has 0 radical (unpaired) electrons. The summed E-state index contributed by atoms with van der Waals surface area (Å²) in [5.74, 6) is -7.65. The van der Waals surface area contributed by atoms with Gasteiger partial charge in [-0.3, -0.25) is 24.0 Å². The Balaban J connectivity index is 0.000000201. The number of anilines is 3. The number of carboxylic acids is 2. The molecular weight excluding hydrogens is 1360 g/mol. The highest BCUT2D eigenvalue weighted by Crippen LogP contribution is 2.38. The first-order valence-electron chi connectivity index (χ1n) is 27.4. The number of nitrogens with one attached hydrogen (secondary N) is 3. The summed E-state index contributed by atoms with van der Waals surface area (Å²) in [7, 11) is 2.47. The molecule has 95 heavy (non-hydrogen) atoms. The summed E-state index contributed by atoms with van der Waals surface area (Å²) in [5.41, 5.74) is 15.4. The van der Waals surface area contributed by atoms with Crippen molar-refractivity contribution >= 4 is 140 Å². The topological polar surface area (TPSA) is 328 Å². The van der Waals surface area contributed by atoms with Crippen molar-refractivity contribution in [2.45, 2.75) is 0 Å². The van der Waals surface area contributed by atoms with Crippen LogP contribution < -0.4 is 41.6 Å². The van der Waals surface area contributed by atoms with E-state index in [0.29, 0.717) is 5.56 Å². The third kappa shape index (κ3) is 19.7. The molecule has 9 N–H and O–H groups in total. The van der Waals surface area contributed by atoms with Gasteiger partial charge in [0.05, 0.1) is 79.7 Å². The van der Waals surface area contributed by atoms with Crippen LogP contribution >= 0.6 is 69.6 Å². The number of aromatic carboxylic acids is 1. The zero-order chi connectivity index (χ0) is 69.0. The fraction of sp³-hybridized carbons (Fsp3) is 0.0735. The Morgan fingerprint density at radius 2 is 0.642 bits per heavy atom. The number of nitrogens with two attached hydrogens (primary N) is 2. The Kier molecular flexibility index (Phi) is 25.5. The van der Waals surface area contributed by atoms with Gasteiger partial charge < -0.3 is 61.3 Å². The fourth-order valence-electron chi connectivity index (χ4n) is 8.75. The number of amides is 5. The second kappa shape index (κ2) is 33.8. The number of carbonyl (C=O) groups is 9. The molecule has 21 nitrogen and oxygen atoms in total. The van der Waals surface area contributed by atoms with E-state index in [0.717, 1.165) is 27.8 Å². The number of carboxylic acid groups (broad SMARTS) is 2. The highest BCUT2D eigenvalue weighted by atomic mass is 35.5. The van der Waals surface area contributed by atoms with E-state index in [9.17, 15) is 48.3 Å². The average molecular weight is 1410 g/mol. The van der Waals surface area contributed by atoms with Crippen LogP contribution in [0.3, 0.4) is 0 Å². The van der Waals surface area contributed by atoms with E-state index in [-0.39, 0.29) is 97.8 Å². The van der Waals surface area contributed by atoms with Gasteiger partial charge in [0.15, 0.2) is 37.1 Å². The van der Waals surface area contributed by atoms with Gasteiger partial charge >= 0.3 is 23.9 Å². The molecule has 0 saturated carbocycles. The van der Waals surface area contributed by atoms with Crippen molar-refractivity contribution in [3.8, 4) is 50.6 Å². The number of primary amides is 2. The van der Waals surface area contributed by atoms with Crippen molar-refractivity contribution < 1.29 is 77.0 Å². The predicted molar refractivity (Wildman–Crippen MR) is 361 cm³/mol. The lowest BCUT2D eigenvalue weighted by Gasteiger charge is -2.15. The lowest BCUT2D eigenvalue weighted by Crippen LogP contribution is -2.22. The molecule has 0 atom stereocenters. The lowest BCUT2D eigenvalue weighted by molar-refractivity contribution is -0.139. The van der Waals surface area contributed by atoms with Gasteiger partial charge in [-0.1, -0.05) is 179 Å². The molecule has 27 heteroatoms. The molecule has 0 unspecified atom stereocenters. The first-order valence-corrected chi connectivity index (χ1v) is 29.7. The first kappa shape index (κ1) is 71.8. The van der Waals surface area contributed by atoms with Crippen molar-refractivity contribution in [1.82, 2.24) is 0 Å². The van der Waals surface area contributed by atoms with Crippen LogP contribution in [0.15, 0.2) is 182 Å². The lowest BCUT2D eigenvalue weighted by atomic mass is 10.0. The molecule has 486 valence electrons. The van der Waals surface area contributed by atoms with Crippen LogP contribution in [0.5, 0.6) is 17.2 Å². The zero-order valence-corrected chi connectivity index (χ0v) is 54.0. The maximum absolute atomic E-state index is 13.1. The molecule has 0 aliphatic carbocycles. The minimum Gasteiger partial charge on any atom is -0.481 e. The van der Waals surface area contributed by atoms with Crippen LogP contribution in [0.25, 0.3) is 33.4 Å². The summed E-state index contributed by atoms with van der Waals surface area (Å²) >= 11 is 36.5. The van der Waals surface area contributed by atoms with Gasteiger partial charge in [-0.05, 0) is 106 Å². The van der Waals surface area contributed by atoms with E-state index in [1.165, 1.54) is 62.8 Å². The zero-order valence-electron chi connectivity index (χ0n) is 49.5. The van der Waals surface area contributed by atoms with Crippen LogP contribution in [0.1, 0.15) is 62.1 Å². The summed E-state index contributed by atoms with van der Waals surface area (Å²) in [6.07, 6.45) is 0. The number of carbonyl (C=O) groups excluding carboxylic acids is 7. The standard InChI is InChI=1S/C23H18Cl2N2O5.C23H17Cl2NO6.C22H16Cl2N2O5/c1-31-23(30)16-8-7-14(13-5-3-2-4-6-13)9-19(16)27-22(29)17-10-15(24)11-18(25)21(17)32-12-20(26)28;1-31-23(30)16-8-7-14(13-5-3-2-4-6-13)9-19(16)26-22(29)17-10-15(24)11-18(25)21(17)32-12-20(27)28;23-14-9-16(20(17(24)10-14)31-11-19(25)27)21(28)26-18-8-13(6-7-15(18)22(29)30)12-4-2-1-3-5-12/h2-11H,12H2,1H3,(H2,26,28)(H,27,29);2-11H,12H2,1H3,(H,26,29)(H,27,28);1-10H,11H2,(H2,25,27)(H,26,28)(H,29,30). The maximum Gasteiger partial charge on any atom is 0.341 e. The number of halogens is 6. The Bertz CT molecular complexity index is 4230. The third-order valence-electron chi connectivity index (χ3n) is 13.0. The number of ether oxygens (including phenoxy) is 5. The van der Waals surface area contributed by atoms with Crippen molar-refractivity contribution in [2.75, 3.05) is 50.0 Å². The van der Waals surface area contributed by atoms with E-state index < -0.39 is 73.2 Å². The largest absolute Gasteiger partial charge is 0.481 e. The quantitative estimate of drug-likeness (QED) is 0.0329. The van der Waals surface area contributed by atoms with Crippen LogP contribution in [0.4, 0.5) is 17.1 Å². The van der Waals surface area contributed by atoms with E-state index in [2.05, 4.69) is 16.0 Å². The molecule has 0 bridgehead atoms. The summed E-state index contributed by atoms with van der Waals surface area (Å²) in [5, 5.41) is 26.8. The molecular formula is C68H51Cl6N5O16. The van der Waals surface area contributed by atoms with E-state index in [1.54, 1.807) is 42.5 Å². The summed E-state index contributed by atoms with van der Waals surface area (Å²) in [6.45, 7) is -1.71. The van der Waals surface area contributed by atoms with Crippen LogP contribution in [-0.2, 0) is 23.9 Å². The van der Waals surface area contributed by atoms with Crippen molar-refractivity contribution in [1.29, 1.82) is 0 Å². The van der Waals surface area contributed by atoms with Gasteiger partial charge in [-0.15, -0.1) is 0 Å². The number of hydrogen-bond donors (Lipinski definition) is 7. The smallest absolute Gasteiger partial charge is 0.341 e. The normalized spacial score (nSPS) is 10.4. The molecule has 9 aromatic rings. The number of benzene rings is 9. The molecule has 0 spiro atoms. The Labute approximate surface area is 571 Å². The van der Waals surface area contributed by atoms with Gasteiger partial charge in [-0.25, -0.2) is 19.2 Å². The molecule has 0 fully saturated rings. The van der Waals surface area contributed by atoms with Gasteiger partial charge in [0.1, 0.15) is 0 Å². The molecule has 0 heterocycles. The van der Waals surface area contributed by atoms with Crippen molar-refractivity contribution in [2.24, 2.45) is 11.5 Å². The second-order valence-electron chi connectivity index (χ2n) is 19.5. The summed E-state index contributed by atoms with van der Waals surface area (Å²) in [4.78, 5) is 108. The number of aliphatic carboxylic acids is 1. The van der Waals surface area contributed by atoms with Crippen LogP contribution in [0, 0.1) is 0 Å². The van der Waals surface area contributed by atoms with Gasteiger partial charge in [0.2, 0.25) is 0 Å². The van der Waals surface area contributed by atoms with Gasteiger partial charge in [0, 0.05) is 15.1 Å². The Morgan fingerprint density at radius 3 is 0.916 bits per heavy atom. The van der Waals surface area contributed by atoms with Gasteiger partial charge in [0.25, 0.3) is 29.5 Å². The maximum atomic E-state index is 13.1. The van der Waals surface area contributed by atoms with E-state index in [4.69, 9.17) is 110 Å². The minimum atomic E-state index is -1.24. The number of methoxy groups -OCH3 is 2. The molecule has 5 amide bonds. The minimum absolute atomic E-state index is 0.00426. The number of esters is 2. The molecule has 9 aromatic carbocycles. The second-order valence-corrected chi connectivity index (χ2v) is 22.0. The first-order chi connectivity index (χ1) is 45.3. The van der Waals surface area contributed by atoms with E-state index >= 15 is 0 Å². The molecule has 9 rings (SSSR count). The number of rotatable bonds is 21. The third-order valence-corrected chi connectivity index (χ3v) is 14.5. The highest BCUT2D eigenvalue weighted by Gasteiger charge is 2.26.